The third-order valence-corrected chi connectivity index (χ3v) is 3.56. The second-order valence-corrected chi connectivity index (χ2v) is 5.01. The molecule has 19 heavy (non-hydrogen) atoms. The van der Waals surface area contributed by atoms with Crippen molar-refractivity contribution in [1.82, 2.24) is 20.1 Å². The van der Waals surface area contributed by atoms with Crippen molar-refractivity contribution in [2.24, 2.45) is 0 Å². The number of piperazine rings is 1. The van der Waals surface area contributed by atoms with E-state index in [1.165, 1.54) is 11.3 Å². The first-order chi connectivity index (χ1) is 9.15. The van der Waals surface area contributed by atoms with E-state index in [0.717, 1.165) is 5.69 Å². The molecule has 0 saturated carbocycles. The van der Waals surface area contributed by atoms with Gasteiger partial charge in [-0.2, -0.15) is 0 Å². The fourth-order valence-corrected chi connectivity index (χ4v) is 2.46. The third-order valence-electron chi connectivity index (χ3n) is 2.92. The number of carbonyl (C=O) groups excluding carboxylic acids is 1. The number of thiazole rings is 1. The number of rotatable bonds is 4. The summed E-state index contributed by atoms with van der Waals surface area (Å²) in [5, 5.41) is 13.4. The van der Waals surface area contributed by atoms with Gasteiger partial charge >= 0.3 is 12.0 Å². The summed E-state index contributed by atoms with van der Waals surface area (Å²) in [5.41, 5.74) is 2.58. The molecule has 104 valence electrons. The molecule has 0 unspecified atom stereocenters. The minimum Gasteiger partial charge on any atom is -0.480 e. The lowest BCUT2D eigenvalue weighted by Crippen LogP contribution is -2.52. The van der Waals surface area contributed by atoms with Crippen LogP contribution in [0.5, 0.6) is 0 Å². The van der Waals surface area contributed by atoms with E-state index in [1.807, 2.05) is 10.3 Å². The maximum atomic E-state index is 11.9. The van der Waals surface area contributed by atoms with E-state index in [9.17, 15) is 9.59 Å². The molecule has 1 aromatic rings. The molecule has 1 fully saturated rings. The summed E-state index contributed by atoms with van der Waals surface area (Å²) < 4.78 is 0. The number of hydrogen-bond acceptors (Lipinski definition) is 5. The minimum absolute atomic E-state index is 0.0360. The molecule has 0 aromatic carbocycles. The number of nitrogens with one attached hydrogen (secondary N) is 1. The molecule has 7 nitrogen and oxygen atoms in total. The predicted octanol–water partition coefficient (Wildman–Crippen LogP) is 0.0549. The highest BCUT2D eigenvalue weighted by Gasteiger charge is 2.21. The molecular weight excluding hydrogens is 268 g/mol. The Balaban J connectivity index is 1.71. The van der Waals surface area contributed by atoms with Crippen LogP contribution < -0.4 is 5.32 Å². The lowest BCUT2D eigenvalue weighted by Gasteiger charge is -2.33. The minimum atomic E-state index is -0.832. The van der Waals surface area contributed by atoms with Crippen molar-refractivity contribution in [3.05, 3.63) is 16.6 Å². The van der Waals surface area contributed by atoms with Crippen LogP contribution in [0.1, 0.15) is 5.69 Å². The Kier molecular flexibility index (Phi) is 4.69. The van der Waals surface area contributed by atoms with Gasteiger partial charge in [-0.25, -0.2) is 9.78 Å². The van der Waals surface area contributed by atoms with E-state index < -0.39 is 5.97 Å². The van der Waals surface area contributed by atoms with Gasteiger partial charge in [0.05, 0.1) is 24.3 Å². The van der Waals surface area contributed by atoms with Crippen molar-refractivity contribution >= 4 is 23.3 Å². The van der Waals surface area contributed by atoms with Crippen LogP contribution in [0.15, 0.2) is 10.9 Å². The predicted molar refractivity (Wildman–Crippen MR) is 70.0 cm³/mol. The van der Waals surface area contributed by atoms with E-state index in [2.05, 4.69) is 10.3 Å². The van der Waals surface area contributed by atoms with Crippen molar-refractivity contribution < 1.29 is 14.7 Å². The summed E-state index contributed by atoms with van der Waals surface area (Å²) in [5.74, 6) is -0.832. The van der Waals surface area contributed by atoms with E-state index in [1.54, 1.807) is 10.4 Å². The van der Waals surface area contributed by atoms with Crippen molar-refractivity contribution in [3.63, 3.8) is 0 Å². The zero-order valence-corrected chi connectivity index (χ0v) is 11.2. The number of carboxylic acids is 1. The normalized spacial score (nSPS) is 16.3. The van der Waals surface area contributed by atoms with Crippen molar-refractivity contribution in [2.75, 3.05) is 32.7 Å². The molecule has 1 saturated heterocycles. The van der Waals surface area contributed by atoms with Gasteiger partial charge in [-0.15, -0.1) is 11.3 Å². The highest BCUT2D eigenvalue weighted by Crippen LogP contribution is 2.03. The number of hydrogen-bond donors (Lipinski definition) is 2. The van der Waals surface area contributed by atoms with Gasteiger partial charge < -0.3 is 15.3 Å². The Bertz CT molecular complexity index is 429. The van der Waals surface area contributed by atoms with Crippen LogP contribution in [0.3, 0.4) is 0 Å². The van der Waals surface area contributed by atoms with Gasteiger partial charge in [0, 0.05) is 31.6 Å². The molecule has 1 aliphatic rings. The summed E-state index contributed by atoms with van der Waals surface area (Å²) in [6, 6.07) is -0.122. The monoisotopic (exact) mass is 284 g/mol. The van der Waals surface area contributed by atoms with E-state index in [0.29, 0.717) is 32.7 Å². The zero-order chi connectivity index (χ0) is 13.7. The molecule has 2 rings (SSSR count). The first kappa shape index (κ1) is 13.8. The topological polar surface area (TPSA) is 85.8 Å². The molecule has 2 heterocycles. The van der Waals surface area contributed by atoms with Gasteiger partial charge in [0.25, 0.3) is 0 Å². The van der Waals surface area contributed by atoms with Gasteiger partial charge in [-0.05, 0) is 0 Å². The van der Waals surface area contributed by atoms with Gasteiger partial charge in [0.1, 0.15) is 0 Å². The smallest absolute Gasteiger partial charge is 0.317 e. The number of nitrogens with zero attached hydrogens (tertiary/aromatic N) is 3. The standard InChI is InChI=1S/C11H16N4O3S/c16-10(17)6-14-1-3-15(4-2-14)11(18)12-5-9-7-19-8-13-9/h7-8H,1-6H2,(H,12,18)(H,16,17). The third kappa shape index (κ3) is 4.18. The fourth-order valence-electron chi connectivity index (χ4n) is 1.90. The molecule has 0 spiro atoms. The maximum Gasteiger partial charge on any atom is 0.317 e. The van der Waals surface area contributed by atoms with Crippen LogP contribution >= 0.6 is 11.3 Å². The zero-order valence-electron chi connectivity index (χ0n) is 10.4. The second kappa shape index (κ2) is 6.48. The Morgan fingerprint density at radius 1 is 1.37 bits per heavy atom. The van der Waals surface area contributed by atoms with Crippen LogP contribution in [0.2, 0.25) is 0 Å². The molecule has 0 radical (unpaired) electrons. The van der Waals surface area contributed by atoms with Gasteiger partial charge in [-0.3, -0.25) is 9.69 Å². The van der Waals surface area contributed by atoms with Gasteiger partial charge in [-0.1, -0.05) is 0 Å². The average molecular weight is 284 g/mol. The fraction of sp³-hybridized carbons (Fsp3) is 0.545. The summed E-state index contributed by atoms with van der Waals surface area (Å²) >= 11 is 1.49. The van der Waals surface area contributed by atoms with E-state index >= 15 is 0 Å². The van der Waals surface area contributed by atoms with Crippen LogP contribution in [0.4, 0.5) is 4.79 Å². The number of carboxylic acid groups (broad SMARTS) is 1. The summed E-state index contributed by atoms with van der Waals surface area (Å²) in [4.78, 5) is 30.1. The summed E-state index contributed by atoms with van der Waals surface area (Å²) in [6.45, 7) is 2.76. The molecule has 1 aromatic heterocycles. The maximum absolute atomic E-state index is 11.9. The van der Waals surface area contributed by atoms with Crippen LogP contribution in [-0.2, 0) is 11.3 Å². The summed E-state index contributed by atoms with van der Waals surface area (Å²) in [7, 11) is 0. The lowest BCUT2D eigenvalue weighted by atomic mass is 10.3. The molecule has 2 amide bonds. The Morgan fingerprint density at radius 3 is 2.68 bits per heavy atom. The van der Waals surface area contributed by atoms with Crippen molar-refractivity contribution in [1.29, 1.82) is 0 Å². The quantitative estimate of drug-likeness (QED) is 0.816. The van der Waals surface area contributed by atoms with Gasteiger partial charge in [0.15, 0.2) is 0 Å². The molecule has 1 aliphatic heterocycles. The van der Waals surface area contributed by atoms with Crippen molar-refractivity contribution in [3.8, 4) is 0 Å². The lowest BCUT2D eigenvalue weighted by molar-refractivity contribution is -0.138. The second-order valence-electron chi connectivity index (χ2n) is 4.30. The Hall–Kier alpha value is -1.67. The molecule has 0 atom stereocenters. The summed E-state index contributed by atoms with van der Waals surface area (Å²) in [6.07, 6.45) is 0. The van der Waals surface area contributed by atoms with Crippen molar-refractivity contribution in [2.45, 2.75) is 6.54 Å². The SMILES string of the molecule is O=C(O)CN1CCN(C(=O)NCc2cscn2)CC1. The number of aliphatic carboxylic acids is 1. The Morgan fingerprint density at radius 2 is 2.11 bits per heavy atom. The molecule has 8 heteroatoms. The van der Waals surface area contributed by atoms with Crippen LogP contribution in [0, 0.1) is 0 Å². The first-order valence-corrected chi connectivity index (χ1v) is 6.93. The number of amides is 2. The van der Waals surface area contributed by atoms with E-state index in [4.69, 9.17) is 5.11 Å². The van der Waals surface area contributed by atoms with Crippen LogP contribution in [-0.4, -0.2) is 64.6 Å². The molecule has 0 aliphatic carbocycles. The van der Waals surface area contributed by atoms with Crippen LogP contribution in [0.25, 0.3) is 0 Å². The number of aromatic nitrogens is 1. The Labute approximate surface area is 114 Å². The number of carbonyl (C=O) groups is 2. The van der Waals surface area contributed by atoms with E-state index in [-0.39, 0.29) is 12.6 Å². The largest absolute Gasteiger partial charge is 0.480 e. The number of urea groups is 1. The highest BCUT2D eigenvalue weighted by molar-refractivity contribution is 7.07. The molecule has 2 N–H and O–H groups in total. The molecule has 0 bridgehead atoms. The van der Waals surface area contributed by atoms with Gasteiger partial charge in [0.2, 0.25) is 0 Å². The highest BCUT2D eigenvalue weighted by atomic mass is 32.1. The average Bonchev–Trinajstić information content (AvgIpc) is 2.89. The first-order valence-electron chi connectivity index (χ1n) is 5.99. The molecular formula is C11H16N4O3S.